The maximum absolute atomic E-state index is 12.7. The molecule has 2 aromatic heterocycles. The molecule has 7 heteroatoms. The molecule has 0 bridgehead atoms. The number of fused-ring (bicyclic) bond motifs is 1. The van der Waals surface area contributed by atoms with Crippen molar-refractivity contribution < 1.29 is 14.3 Å². The van der Waals surface area contributed by atoms with Gasteiger partial charge in [0, 0.05) is 11.1 Å². The summed E-state index contributed by atoms with van der Waals surface area (Å²) in [6.45, 7) is 3.95. The third kappa shape index (κ3) is 4.27. The third-order valence-electron chi connectivity index (χ3n) is 4.19. The van der Waals surface area contributed by atoms with Crippen LogP contribution < -0.4 is 5.32 Å². The molecule has 1 amide bonds. The molecule has 3 rings (SSSR count). The number of hydrogen-bond donors (Lipinski definition) is 1. The van der Waals surface area contributed by atoms with Gasteiger partial charge in [-0.25, -0.2) is 9.78 Å². The lowest BCUT2D eigenvalue weighted by Crippen LogP contribution is -2.23. The summed E-state index contributed by atoms with van der Waals surface area (Å²) in [7, 11) is 0. The van der Waals surface area contributed by atoms with E-state index in [1.807, 2.05) is 25.1 Å². The highest BCUT2D eigenvalue weighted by atomic mass is 32.2. The molecule has 138 valence electrons. The van der Waals surface area contributed by atoms with Gasteiger partial charge in [-0.3, -0.25) is 4.79 Å². The lowest BCUT2D eigenvalue weighted by Gasteiger charge is -2.13. The summed E-state index contributed by atoms with van der Waals surface area (Å²) in [5.74, 6) is -0.475. The van der Waals surface area contributed by atoms with E-state index in [2.05, 4.69) is 10.3 Å². The Morgan fingerprint density at radius 3 is 2.88 bits per heavy atom. The van der Waals surface area contributed by atoms with Crippen LogP contribution in [0.4, 0.5) is 5.00 Å². The molecule has 1 aliphatic carbocycles. The number of carbonyl (C=O) groups is 2. The maximum Gasteiger partial charge on any atom is 0.341 e. The van der Waals surface area contributed by atoms with E-state index in [4.69, 9.17) is 4.74 Å². The zero-order valence-corrected chi connectivity index (χ0v) is 16.5. The molecular formula is C19H22N2O3S2. The Kier molecular flexibility index (Phi) is 6.32. The van der Waals surface area contributed by atoms with Crippen molar-refractivity contribution in [1.82, 2.24) is 4.98 Å². The number of thioether (sulfide) groups is 1. The van der Waals surface area contributed by atoms with E-state index in [-0.39, 0.29) is 17.1 Å². The number of nitrogens with one attached hydrogen (secondary N) is 1. The van der Waals surface area contributed by atoms with Crippen LogP contribution in [0.3, 0.4) is 0 Å². The Labute approximate surface area is 161 Å². The predicted molar refractivity (Wildman–Crippen MR) is 105 cm³/mol. The number of rotatable bonds is 6. The van der Waals surface area contributed by atoms with Crippen molar-refractivity contribution in [3.8, 4) is 0 Å². The third-order valence-corrected chi connectivity index (χ3v) is 6.45. The van der Waals surface area contributed by atoms with Gasteiger partial charge >= 0.3 is 5.97 Å². The van der Waals surface area contributed by atoms with E-state index in [0.717, 1.165) is 36.3 Å². The summed E-state index contributed by atoms with van der Waals surface area (Å²) in [5, 5.41) is 4.05. The summed E-state index contributed by atoms with van der Waals surface area (Å²) in [6, 6.07) is 5.62. The van der Waals surface area contributed by atoms with Crippen LogP contribution in [0.5, 0.6) is 0 Å². The minimum absolute atomic E-state index is 0.134. The smallest absolute Gasteiger partial charge is 0.341 e. The first-order chi connectivity index (χ1) is 12.6. The van der Waals surface area contributed by atoms with Crippen LogP contribution in [0, 0.1) is 0 Å². The minimum atomic E-state index is -0.341. The zero-order valence-electron chi connectivity index (χ0n) is 14.9. The summed E-state index contributed by atoms with van der Waals surface area (Å²) in [5.41, 5.74) is 1.61. The second-order valence-corrected chi connectivity index (χ2v) is 8.52. The van der Waals surface area contributed by atoms with Crippen LogP contribution >= 0.6 is 23.1 Å². The van der Waals surface area contributed by atoms with E-state index in [1.165, 1.54) is 28.0 Å². The van der Waals surface area contributed by atoms with Crippen molar-refractivity contribution in [2.24, 2.45) is 0 Å². The highest BCUT2D eigenvalue weighted by Gasteiger charge is 2.28. The average molecular weight is 391 g/mol. The van der Waals surface area contributed by atoms with Crippen molar-refractivity contribution >= 4 is 40.0 Å². The molecule has 5 nitrogen and oxygen atoms in total. The van der Waals surface area contributed by atoms with Crippen molar-refractivity contribution in [2.45, 2.75) is 49.8 Å². The maximum atomic E-state index is 12.7. The predicted octanol–water partition coefficient (Wildman–Crippen LogP) is 4.32. The SMILES string of the molecule is CCOC(=O)c1c(NC(=O)C(C)Sc2ccccn2)sc2c1CCCC2. The van der Waals surface area contributed by atoms with Gasteiger partial charge in [0.05, 0.1) is 22.4 Å². The van der Waals surface area contributed by atoms with E-state index >= 15 is 0 Å². The number of thiophene rings is 1. The Balaban J connectivity index is 1.79. The molecule has 0 saturated heterocycles. The standard InChI is InChI=1S/C19H22N2O3S2/c1-3-24-19(23)16-13-8-4-5-9-14(13)26-18(16)21-17(22)12(2)25-15-10-6-7-11-20-15/h6-7,10-12H,3-5,8-9H2,1-2H3,(H,21,22). The normalized spacial score (nSPS) is 14.4. The van der Waals surface area contributed by atoms with E-state index in [9.17, 15) is 9.59 Å². The fraction of sp³-hybridized carbons (Fsp3) is 0.421. The molecule has 0 fully saturated rings. The number of ether oxygens (including phenoxy) is 1. The lowest BCUT2D eigenvalue weighted by atomic mass is 9.95. The average Bonchev–Trinajstić information content (AvgIpc) is 3.00. The monoisotopic (exact) mass is 390 g/mol. The quantitative estimate of drug-likeness (QED) is 0.588. The van der Waals surface area contributed by atoms with Crippen LogP contribution in [0.25, 0.3) is 0 Å². The second-order valence-electron chi connectivity index (χ2n) is 6.05. The first kappa shape index (κ1) is 18.9. The number of anilines is 1. The highest BCUT2D eigenvalue weighted by Crippen LogP contribution is 2.39. The van der Waals surface area contributed by atoms with Gasteiger partial charge in [-0.1, -0.05) is 17.8 Å². The van der Waals surface area contributed by atoms with Gasteiger partial charge in [-0.15, -0.1) is 11.3 Å². The van der Waals surface area contributed by atoms with Crippen molar-refractivity contribution in [3.05, 3.63) is 40.4 Å². The van der Waals surface area contributed by atoms with Crippen LogP contribution in [0.2, 0.25) is 0 Å². The van der Waals surface area contributed by atoms with Crippen LogP contribution in [0.1, 0.15) is 47.5 Å². The molecule has 2 heterocycles. The second kappa shape index (κ2) is 8.68. The number of esters is 1. The van der Waals surface area contributed by atoms with E-state index in [0.29, 0.717) is 17.2 Å². The van der Waals surface area contributed by atoms with E-state index in [1.54, 1.807) is 13.1 Å². The molecule has 0 aromatic carbocycles. The lowest BCUT2D eigenvalue weighted by molar-refractivity contribution is -0.115. The number of hydrogen-bond acceptors (Lipinski definition) is 6. The Morgan fingerprint density at radius 2 is 2.15 bits per heavy atom. The van der Waals surface area contributed by atoms with Gasteiger partial charge in [-0.05, 0) is 57.2 Å². The fourth-order valence-electron chi connectivity index (χ4n) is 2.94. The first-order valence-electron chi connectivity index (χ1n) is 8.80. The Hall–Kier alpha value is -1.86. The molecule has 1 unspecified atom stereocenters. The summed E-state index contributed by atoms with van der Waals surface area (Å²) in [6.07, 6.45) is 5.72. The van der Waals surface area contributed by atoms with Crippen LogP contribution in [-0.4, -0.2) is 28.7 Å². The van der Waals surface area contributed by atoms with Gasteiger partial charge in [-0.2, -0.15) is 0 Å². The molecular weight excluding hydrogens is 368 g/mol. The first-order valence-corrected chi connectivity index (χ1v) is 10.5. The topological polar surface area (TPSA) is 68.3 Å². The molecule has 0 saturated carbocycles. The molecule has 1 atom stereocenters. The van der Waals surface area contributed by atoms with Gasteiger partial charge in [0.1, 0.15) is 5.00 Å². The minimum Gasteiger partial charge on any atom is -0.462 e. The number of pyridine rings is 1. The molecule has 1 aliphatic rings. The van der Waals surface area contributed by atoms with Gasteiger partial charge in [0.15, 0.2) is 0 Å². The number of carbonyl (C=O) groups excluding carboxylic acids is 2. The van der Waals surface area contributed by atoms with Crippen molar-refractivity contribution in [1.29, 1.82) is 0 Å². The molecule has 0 spiro atoms. The number of nitrogens with zero attached hydrogens (tertiary/aromatic N) is 1. The summed E-state index contributed by atoms with van der Waals surface area (Å²) < 4.78 is 5.23. The van der Waals surface area contributed by atoms with E-state index < -0.39 is 0 Å². The van der Waals surface area contributed by atoms with Gasteiger partial charge in [0.2, 0.25) is 5.91 Å². The number of amides is 1. The summed E-state index contributed by atoms with van der Waals surface area (Å²) >= 11 is 2.91. The Bertz CT molecular complexity index is 790. The molecule has 0 radical (unpaired) electrons. The number of aromatic nitrogens is 1. The molecule has 0 aliphatic heterocycles. The number of aryl methyl sites for hydroxylation is 1. The zero-order chi connectivity index (χ0) is 18.5. The highest BCUT2D eigenvalue weighted by molar-refractivity contribution is 8.00. The fourth-order valence-corrected chi connectivity index (χ4v) is 5.03. The van der Waals surface area contributed by atoms with Crippen molar-refractivity contribution in [3.63, 3.8) is 0 Å². The van der Waals surface area contributed by atoms with Crippen LogP contribution in [0.15, 0.2) is 29.4 Å². The van der Waals surface area contributed by atoms with Crippen molar-refractivity contribution in [2.75, 3.05) is 11.9 Å². The van der Waals surface area contributed by atoms with Crippen LogP contribution in [-0.2, 0) is 22.4 Å². The largest absolute Gasteiger partial charge is 0.462 e. The van der Waals surface area contributed by atoms with Gasteiger partial charge in [0.25, 0.3) is 0 Å². The summed E-state index contributed by atoms with van der Waals surface area (Å²) in [4.78, 5) is 30.6. The molecule has 26 heavy (non-hydrogen) atoms. The Morgan fingerprint density at radius 1 is 1.35 bits per heavy atom. The van der Waals surface area contributed by atoms with Gasteiger partial charge < -0.3 is 10.1 Å². The molecule has 2 aromatic rings. The molecule has 1 N–H and O–H groups in total.